The summed E-state index contributed by atoms with van der Waals surface area (Å²) < 4.78 is 45.6. The van der Waals surface area contributed by atoms with Crippen molar-refractivity contribution in [3.05, 3.63) is 46.2 Å². The molecular formula is C18H20FN3O4S2. The van der Waals surface area contributed by atoms with Crippen LogP contribution in [0.3, 0.4) is 0 Å². The lowest BCUT2D eigenvalue weighted by Gasteiger charge is -2.25. The van der Waals surface area contributed by atoms with E-state index < -0.39 is 21.9 Å². The smallest absolute Gasteiger partial charge is 0.255 e. The molecule has 1 aromatic heterocycles. The zero-order chi connectivity index (χ0) is 19.7. The van der Waals surface area contributed by atoms with Crippen LogP contribution in [0.5, 0.6) is 0 Å². The predicted molar refractivity (Wildman–Crippen MR) is 103 cm³/mol. The lowest BCUT2D eigenvalue weighted by molar-refractivity contribution is -0.124. The first-order valence-corrected chi connectivity index (χ1v) is 11.5. The van der Waals surface area contributed by atoms with E-state index in [-0.39, 0.29) is 18.2 Å². The minimum absolute atomic E-state index is 0.209. The molecule has 0 spiro atoms. The summed E-state index contributed by atoms with van der Waals surface area (Å²) in [5.41, 5.74) is 1.23. The Labute approximate surface area is 166 Å². The molecule has 1 saturated heterocycles. The zero-order valence-electron chi connectivity index (χ0n) is 15.1. The van der Waals surface area contributed by atoms with Crippen molar-refractivity contribution in [2.24, 2.45) is 0 Å². The first-order chi connectivity index (χ1) is 13.4. The number of rotatable bonds is 5. The SMILES string of the molecule is O=C(Nc1nc2c(s1)CN(S(=O)(=O)Cc1cccc(F)c1)CC2)C1CCCO1. The molecule has 10 heteroatoms. The number of nitrogens with zero attached hydrogens (tertiary/aromatic N) is 2. The van der Waals surface area contributed by atoms with Gasteiger partial charge in [0.1, 0.15) is 11.9 Å². The average molecular weight is 426 g/mol. The fourth-order valence-corrected chi connectivity index (χ4v) is 5.95. The van der Waals surface area contributed by atoms with Gasteiger partial charge in [-0.1, -0.05) is 12.1 Å². The molecule has 3 heterocycles. The van der Waals surface area contributed by atoms with Gasteiger partial charge >= 0.3 is 0 Å². The van der Waals surface area contributed by atoms with Crippen molar-refractivity contribution in [1.82, 2.24) is 9.29 Å². The normalized spacial score (nSPS) is 20.1. The van der Waals surface area contributed by atoms with E-state index in [2.05, 4.69) is 10.3 Å². The average Bonchev–Trinajstić information content (AvgIpc) is 3.30. The maximum absolute atomic E-state index is 13.3. The number of aromatic nitrogens is 1. The van der Waals surface area contributed by atoms with E-state index in [1.54, 1.807) is 6.07 Å². The van der Waals surface area contributed by atoms with E-state index in [4.69, 9.17) is 4.74 Å². The second-order valence-electron chi connectivity index (χ2n) is 6.85. The summed E-state index contributed by atoms with van der Waals surface area (Å²) in [7, 11) is -3.58. The molecule has 0 radical (unpaired) electrons. The third-order valence-corrected chi connectivity index (χ3v) is 7.57. The van der Waals surface area contributed by atoms with Crippen LogP contribution in [0.1, 0.15) is 29.0 Å². The van der Waals surface area contributed by atoms with Gasteiger partial charge in [0.15, 0.2) is 5.13 Å². The third kappa shape index (κ3) is 4.24. The number of hydrogen-bond donors (Lipinski definition) is 1. The number of carbonyl (C=O) groups excluding carboxylic acids is 1. The number of amides is 1. The second-order valence-corrected chi connectivity index (χ2v) is 9.90. The van der Waals surface area contributed by atoms with Gasteiger partial charge in [-0.3, -0.25) is 10.1 Å². The Morgan fingerprint density at radius 2 is 2.29 bits per heavy atom. The van der Waals surface area contributed by atoms with E-state index in [0.29, 0.717) is 36.7 Å². The zero-order valence-corrected chi connectivity index (χ0v) is 16.7. The van der Waals surface area contributed by atoms with Gasteiger partial charge in [0.2, 0.25) is 10.0 Å². The number of ether oxygens (including phenoxy) is 1. The fraction of sp³-hybridized carbons (Fsp3) is 0.444. The Kier molecular flexibility index (Phi) is 5.46. The van der Waals surface area contributed by atoms with Crippen molar-refractivity contribution < 1.29 is 22.3 Å². The highest BCUT2D eigenvalue weighted by molar-refractivity contribution is 7.88. The maximum Gasteiger partial charge on any atom is 0.255 e. The molecule has 150 valence electrons. The molecule has 2 aromatic rings. The number of hydrogen-bond acceptors (Lipinski definition) is 6. The van der Waals surface area contributed by atoms with Crippen molar-refractivity contribution in [1.29, 1.82) is 0 Å². The van der Waals surface area contributed by atoms with Crippen LogP contribution in [-0.4, -0.2) is 42.9 Å². The molecule has 0 saturated carbocycles. The quantitative estimate of drug-likeness (QED) is 0.794. The maximum atomic E-state index is 13.3. The van der Waals surface area contributed by atoms with Crippen molar-refractivity contribution in [3.8, 4) is 0 Å². The van der Waals surface area contributed by atoms with Crippen LogP contribution >= 0.6 is 11.3 Å². The summed E-state index contributed by atoms with van der Waals surface area (Å²) in [6.07, 6.45) is 1.60. The van der Waals surface area contributed by atoms with Gasteiger partial charge in [0.05, 0.1) is 11.4 Å². The molecule has 1 atom stereocenters. The number of sulfonamides is 1. The summed E-state index contributed by atoms with van der Waals surface area (Å²) in [4.78, 5) is 17.4. The third-order valence-electron chi connectivity index (χ3n) is 4.78. The number of thiazole rings is 1. The molecule has 28 heavy (non-hydrogen) atoms. The molecule has 0 aliphatic carbocycles. The van der Waals surface area contributed by atoms with Gasteiger partial charge in [-0.25, -0.2) is 17.8 Å². The molecule has 1 unspecified atom stereocenters. The largest absolute Gasteiger partial charge is 0.368 e. The molecule has 1 aromatic carbocycles. The van der Waals surface area contributed by atoms with Crippen LogP contribution in [0.4, 0.5) is 9.52 Å². The molecule has 1 amide bonds. The van der Waals surface area contributed by atoms with Gasteiger partial charge in [-0.15, -0.1) is 11.3 Å². The summed E-state index contributed by atoms with van der Waals surface area (Å²) >= 11 is 1.29. The van der Waals surface area contributed by atoms with E-state index >= 15 is 0 Å². The monoisotopic (exact) mass is 425 g/mol. The van der Waals surface area contributed by atoms with E-state index in [1.165, 1.54) is 33.8 Å². The lowest BCUT2D eigenvalue weighted by atomic mass is 10.2. The summed E-state index contributed by atoms with van der Waals surface area (Å²) in [5, 5.41) is 3.24. The minimum atomic E-state index is -3.58. The number of fused-ring (bicyclic) bond motifs is 1. The molecule has 2 aliphatic rings. The summed E-state index contributed by atoms with van der Waals surface area (Å²) in [6.45, 7) is 1.11. The number of nitrogens with one attached hydrogen (secondary N) is 1. The van der Waals surface area contributed by atoms with Crippen LogP contribution in [0, 0.1) is 5.82 Å². The standard InChI is InChI=1S/C18H20FN3O4S2/c19-13-4-1-3-12(9-13)11-28(24,25)22-7-6-14-16(10-22)27-18(20-14)21-17(23)15-5-2-8-26-15/h1,3-4,9,15H,2,5-8,10-11H2,(H,20,21,23). The Morgan fingerprint density at radius 3 is 3.04 bits per heavy atom. The first kappa shape index (κ1) is 19.4. The number of benzene rings is 1. The van der Waals surface area contributed by atoms with Crippen molar-refractivity contribution in [2.45, 2.75) is 37.7 Å². The number of halogens is 1. The van der Waals surface area contributed by atoms with E-state index in [9.17, 15) is 17.6 Å². The predicted octanol–water partition coefficient (Wildman–Crippen LogP) is 2.29. The Bertz CT molecular complexity index is 986. The van der Waals surface area contributed by atoms with Gasteiger partial charge < -0.3 is 4.74 Å². The second kappa shape index (κ2) is 7.86. The van der Waals surface area contributed by atoms with Crippen molar-refractivity contribution in [3.63, 3.8) is 0 Å². The number of carbonyl (C=O) groups is 1. The van der Waals surface area contributed by atoms with Crippen LogP contribution in [0.2, 0.25) is 0 Å². The first-order valence-electron chi connectivity index (χ1n) is 9.04. The topological polar surface area (TPSA) is 88.6 Å². The van der Waals surface area contributed by atoms with Gasteiger partial charge in [0, 0.05) is 31.0 Å². The molecule has 1 fully saturated rings. The summed E-state index contributed by atoms with van der Waals surface area (Å²) in [6, 6.07) is 5.62. The molecular weight excluding hydrogens is 405 g/mol. The van der Waals surface area contributed by atoms with Gasteiger partial charge in [-0.2, -0.15) is 4.31 Å². The molecule has 0 bridgehead atoms. The van der Waals surface area contributed by atoms with Gasteiger partial charge in [0.25, 0.3) is 5.91 Å². The van der Waals surface area contributed by atoms with Crippen LogP contribution in [0.25, 0.3) is 0 Å². The summed E-state index contributed by atoms with van der Waals surface area (Å²) in [5.74, 6) is -0.913. The van der Waals surface area contributed by atoms with Crippen molar-refractivity contribution in [2.75, 3.05) is 18.5 Å². The lowest BCUT2D eigenvalue weighted by Crippen LogP contribution is -2.36. The van der Waals surface area contributed by atoms with E-state index in [1.807, 2.05) is 0 Å². The highest BCUT2D eigenvalue weighted by Gasteiger charge is 2.30. The highest BCUT2D eigenvalue weighted by Crippen LogP contribution is 2.30. The molecule has 2 aliphatic heterocycles. The van der Waals surface area contributed by atoms with Gasteiger partial charge in [-0.05, 0) is 30.5 Å². The molecule has 4 rings (SSSR count). The molecule has 1 N–H and O–H groups in total. The molecule has 7 nitrogen and oxygen atoms in total. The minimum Gasteiger partial charge on any atom is -0.368 e. The van der Waals surface area contributed by atoms with Crippen LogP contribution in [0.15, 0.2) is 24.3 Å². The number of anilines is 1. The van der Waals surface area contributed by atoms with E-state index in [0.717, 1.165) is 17.0 Å². The Hall–Kier alpha value is -1.88. The Balaban J connectivity index is 1.44. The van der Waals surface area contributed by atoms with Crippen LogP contribution in [-0.2, 0) is 38.3 Å². The highest BCUT2D eigenvalue weighted by atomic mass is 32.2. The fourth-order valence-electron chi connectivity index (χ4n) is 3.36. The van der Waals surface area contributed by atoms with Crippen LogP contribution < -0.4 is 5.32 Å². The Morgan fingerprint density at radius 1 is 1.43 bits per heavy atom. The van der Waals surface area contributed by atoms with Crippen molar-refractivity contribution >= 4 is 32.4 Å².